The first-order valence-corrected chi connectivity index (χ1v) is 47.6. The number of aliphatic hydroxyl groups is 1. The highest BCUT2D eigenvalue weighted by Gasteiger charge is 2.30. The lowest BCUT2D eigenvalue weighted by Crippen LogP contribution is -2.30. The largest absolute Gasteiger partial charge is 0.472 e. The summed E-state index contributed by atoms with van der Waals surface area (Å²) in [6.45, 7) is 7.40. The van der Waals surface area contributed by atoms with Gasteiger partial charge in [0.1, 0.15) is 19.3 Å². The molecule has 0 amide bonds. The molecule has 0 aromatic carbocycles. The number of hydrogen-bond donors (Lipinski definition) is 3. The maximum absolute atomic E-state index is 13.1. The third-order valence-electron chi connectivity index (χ3n) is 20.3. The van der Waals surface area contributed by atoms with Crippen molar-refractivity contribution in [1.82, 2.24) is 0 Å². The average molecular weight is 1540 g/mol. The van der Waals surface area contributed by atoms with Crippen molar-refractivity contribution in [3.8, 4) is 0 Å². The minimum Gasteiger partial charge on any atom is -0.462 e. The molecule has 0 aliphatic carbocycles. The summed E-state index contributed by atoms with van der Waals surface area (Å²) in [6.07, 6.45) is 72.2. The number of unbranched alkanes of at least 4 members (excludes halogenated alkanes) is 58. The van der Waals surface area contributed by atoms with Crippen LogP contribution >= 0.6 is 15.6 Å². The van der Waals surface area contributed by atoms with E-state index in [-0.39, 0.29) is 25.7 Å². The van der Waals surface area contributed by atoms with Gasteiger partial charge in [-0.2, -0.15) is 0 Å². The summed E-state index contributed by atoms with van der Waals surface area (Å²) < 4.78 is 68.9. The van der Waals surface area contributed by atoms with Gasteiger partial charge in [-0.3, -0.25) is 37.3 Å². The summed E-state index contributed by atoms with van der Waals surface area (Å²) in [5, 5.41) is 10.7. The van der Waals surface area contributed by atoms with Gasteiger partial charge in [0.25, 0.3) is 0 Å². The van der Waals surface area contributed by atoms with Gasteiger partial charge in [-0.1, -0.05) is 413 Å². The smallest absolute Gasteiger partial charge is 0.462 e. The Kier molecular flexibility index (Phi) is 77.3. The first kappa shape index (κ1) is 103. The molecular weight excluding hydrogens is 1370 g/mol. The van der Waals surface area contributed by atoms with Crippen LogP contribution in [0.1, 0.15) is 465 Å². The molecule has 0 bridgehead atoms. The Morgan fingerprint density at radius 3 is 0.648 bits per heavy atom. The first-order valence-electron chi connectivity index (χ1n) is 44.6. The molecule has 0 saturated carbocycles. The van der Waals surface area contributed by atoms with Crippen molar-refractivity contribution in [2.24, 2.45) is 5.92 Å². The number of phosphoric ester groups is 2. The fourth-order valence-corrected chi connectivity index (χ4v) is 15.1. The van der Waals surface area contributed by atoms with Crippen LogP contribution in [0.3, 0.4) is 0 Å². The number of ether oxygens (including phenoxy) is 4. The highest BCUT2D eigenvalue weighted by Crippen LogP contribution is 2.45. The molecule has 2 unspecified atom stereocenters. The van der Waals surface area contributed by atoms with Crippen LogP contribution in [0.15, 0.2) is 0 Å². The van der Waals surface area contributed by atoms with Crippen molar-refractivity contribution < 1.29 is 80.2 Å². The molecule has 0 radical (unpaired) electrons. The van der Waals surface area contributed by atoms with Crippen molar-refractivity contribution >= 4 is 39.5 Å². The van der Waals surface area contributed by atoms with Gasteiger partial charge >= 0.3 is 39.5 Å². The molecule has 0 saturated heterocycles. The quantitative estimate of drug-likeness (QED) is 0.0222. The van der Waals surface area contributed by atoms with Crippen LogP contribution in [0.5, 0.6) is 0 Å². The molecule has 19 heteroatoms. The van der Waals surface area contributed by atoms with Crippen molar-refractivity contribution in [2.75, 3.05) is 39.6 Å². The van der Waals surface area contributed by atoms with Crippen LogP contribution in [0.4, 0.5) is 0 Å². The minimum atomic E-state index is -4.97. The fraction of sp³-hybridized carbons (Fsp3) is 0.953. The molecule has 0 aliphatic rings. The van der Waals surface area contributed by atoms with Gasteiger partial charge in [0.2, 0.25) is 0 Å². The van der Waals surface area contributed by atoms with Crippen LogP contribution < -0.4 is 0 Å². The van der Waals surface area contributed by atoms with E-state index in [0.29, 0.717) is 25.7 Å². The summed E-state index contributed by atoms with van der Waals surface area (Å²) in [5.74, 6) is -1.28. The fourth-order valence-electron chi connectivity index (χ4n) is 13.5. The zero-order valence-corrected chi connectivity index (χ0v) is 70.7. The molecule has 3 N–H and O–H groups in total. The van der Waals surface area contributed by atoms with Gasteiger partial charge in [0, 0.05) is 25.7 Å². The number of esters is 4. The van der Waals surface area contributed by atoms with Gasteiger partial charge in [-0.05, 0) is 31.6 Å². The highest BCUT2D eigenvalue weighted by atomic mass is 31.2. The van der Waals surface area contributed by atoms with Crippen molar-refractivity contribution in [2.45, 2.75) is 483 Å². The van der Waals surface area contributed by atoms with E-state index >= 15 is 0 Å². The molecule has 624 valence electrons. The average Bonchev–Trinajstić information content (AvgIpc) is 0.916. The van der Waals surface area contributed by atoms with Crippen molar-refractivity contribution in [3.05, 3.63) is 0 Å². The summed E-state index contributed by atoms with van der Waals surface area (Å²) in [7, 11) is -9.92. The van der Waals surface area contributed by atoms with E-state index in [1.807, 2.05) is 0 Å². The Labute approximate surface area is 645 Å². The summed E-state index contributed by atoms with van der Waals surface area (Å²) in [6, 6.07) is 0. The second-order valence-electron chi connectivity index (χ2n) is 31.4. The molecule has 0 rings (SSSR count). The summed E-state index contributed by atoms with van der Waals surface area (Å²) in [5.41, 5.74) is 0. The predicted octanol–water partition coefficient (Wildman–Crippen LogP) is 26.4. The Morgan fingerprint density at radius 2 is 0.438 bits per heavy atom. The number of aliphatic hydroxyl groups excluding tert-OH is 1. The van der Waals surface area contributed by atoms with Crippen LogP contribution in [0.2, 0.25) is 0 Å². The van der Waals surface area contributed by atoms with Crippen LogP contribution in [-0.2, 0) is 65.4 Å². The van der Waals surface area contributed by atoms with E-state index in [4.69, 9.17) is 37.0 Å². The monoisotopic (exact) mass is 1540 g/mol. The Bertz CT molecular complexity index is 2000. The Hall–Kier alpha value is -1.94. The van der Waals surface area contributed by atoms with Gasteiger partial charge in [0.05, 0.1) is 26.4 Å². The van der Waals surface area contributed by atoms with Crippen molar-refractivity contribution in [1.29, 1.82) is 0 Å². The third kappa shape index (κ3) is 79.9. The number of carbonyl (C=O) groups is 4. The molecule has 17 nitrogen and oxygen atoms in total. The van der Waals surface area contributed by atoms with Gasteiger partial charge in [0.15, 0.2) is 12.2 Å². The normalized spacial score (nSPS) is 13.8. The SMILES string of the molecule is CCCCCCCCCCCCCCCCCCCCC(=O)OC[C@H](COP(=O)(O)OC[C@@H](O)COP(=O)(O)OC[C@@H](COC(=O)CCCCCCCCCCCC)OC(=O)CCCCCCCCCCCCCCCCCC)OC(=O)CCCCCCCCCCCCCCCCCCCCC(C)C. The molecule has 0 aromatic rings. The van der Waals surface area contributed by atoms with E-state index in [2.05, 4.69) is 34.6 Å². The van der Waals surface area contributed by atoms with Crippen LogP contribution in [-0.4, -0.2) is 96.7 Å². The molecule has 0 aliphatic heterocycles. The zero-order chi connectivity index (χ0) is 76.9. The van der Waals surface area contributed by atoms with E-state index < -0.39 is 97.5 Å². The number of phosphoric acid groups is 2. The van der Waals surface area contributed by atoms with Crippen LogP contribution in [0, 0.1) is 5.92 Å². The van der Waals surface area contributed by atoms with Crippen LogP contribution in [0.25, 0.3) is 0 Å². The summed E-state index contributed by atoms with van der Waals surface area (Å²) >= 11 is 0. The third-order valence-corrected chi connectivity index (χ3v) is 22.2. The maximum atomic E-state index is 13.1. The number of hydrogen-bond acceptors (Lipinski definition) is 15. The molecule has 0 fully saturated rings. The number of rotatable bonds is 86. The molecule has 0 aromatic heterocycles. The van der Waals surface area contributed by atoms with E-state index in [1.165, 1.54) is 289 Å². The lowest BCUT2D eigenvalue weighted by molar-refractivity contribution is -0.161. The van der Waals surface area contributed by atoms with Crippen molar-refractivity contribution in [3.63, 3.8) is 0 Å². The first-order chi connectivity index (χ1) is 51.0. The van der Waals surface area contributed by atoms with Gasteiger partial charge < -0.3 is 33.8 Å². The standard InChI is InChI=1S/C86H168O17P2/c1-6-9-12-15-18-21-24-26-28-30-34-38-41-45-50-55-60-65-70-84(89)97-76-82(103-86(91)72-67-62-57-52-47-43-39-35-32-31-33-36-40-44-48-53-58-63-68-79(4)5)78-101-105(94,95)99-74-80(87)73-98-104(92,93)100-77-81(75-96-83(88)69-64-59-54-49-23-20-17-14-11-8-3)102-85(90)71-66-61-56-51-46-42-37-29-27-25-22-19-16-13-10-7-2/h79-82,87H,6-78H2,1-5H3,(H,92,93)(H,94,95)/t80-,81+,82+/m0/s1. The molecule has 0 heterocycles. The van der Waals surface area contributed by atoms with Gasteiger partial charge in [-0.25, -0.2) is 9.13 Å². The Balaban J connectivity index is 5.22. The van der Waals surface area contributed by atoms with Gasteiger partial charge in [-0.15, -0.1) is 0 Å². The predicted molar refractivity (Wildman–Crippen MR) is 432 cm³/mol. The minimum absolute atomic E-state index is 0.109. The second-order valence-corrected chi connectivity index (χ2v) is 34.3. The lowest BCUT2D eigenvalue weighted by Gasteiger charge is -2.21. The second kappa shape index (κ2) is 78.7. The molecular formula is C86H168O17P2. The Morgan fingerprint density at radius 1 is 0.257 bits per heavy atom. The van der Waals surface area contributed by atoms with E-state index in [9.17, 15) is 43.2 Å². The zero-order valence-electron chi connectivity index (χ0n) is 68.9. The molecule has 5 atom stereocenters. The van der Waals surface area contributed by atoms with E-state index in [1.54, 1.807) is 0 Å². The topological polar surface area (TPSA) is 237 Å². The summed E-state index contributed by atoms with van der Waals surface area (Å²) in [4.78, 5) is 73.2. The number of carbonyl (C=O) groups excluding carboxylic acids is 4. The highest BCUT2D eigenvalue weighted by molar-refractivity contribution is 7.47. The molecule has 105 heavy (non-hydrogen) atoms. The molecule has 0 spiro atoms. The van der Waals surface area contributed by atoms with E-state index in [0.717, 1.165) is 95.8 Å². The lowest BCUT2D eigenvalue weighted by atomic mass is 10.0. The maximum Gasteiger partial charge on any atom is 0.472 e.